The first kappa shape index (κ1) is 13.5. The summed E-state index contributed by atoms with van der Waals surface area (Å²) < 4.78 is 4.66. The van der Waals surface area contributed by atoms with E-state index in [-0.39, 0.29) is 11.8 Å². The summed E-state index contributed by atoms with van der Waals surface area (Å²) in [7, 11) is 1.31. The minimum Gasteiger partial charge on any atom is -0.467 e. The van der Waals surface area contributed by atoms with Gasteiger partial charge in [0.05, 0.1) is 7.11 Å². The van der Waals surface area contributed by atoms with Gasteiger partial charge in [-0.3, -0.25) is 9.59 Å². The third-order valence-electron chi connectivity index (χ3n) is 2.80. The second-order valence-electron chi connectivity index (χ2n) is 4.14. The van der Waals surface area contributed by atoms with Crippen LogP contribution in [0.15, 0.2) is 0 Å². The number of ether oxygens (including phenoxy) is 1. The van der Waals surface area contributed by atoms with Crippen molar-refractivity contribution in [2.75, 3.05) is 13.7 Å². The molecule has 0 aliphatic carbocycles. The van der Waals surface area contributed by atoms with E-state index in [1.165, 1.54) is 18.9 Å². The number of nitrogens with one attached hydrogen (secondary N) is 1. The van der Waals surface area contributed by atoms with Crippen molar-refractivity contribution in [3.8, 4) is 0 Å². The molecule has 2 unspecified atom stereocenters. The molecule has 0 aromatic heterocycles. The molecule has 0 radical (unpaired) electrons. The number of methoxy groups -OCH3 is 1. The highest BCUT2D eigenvalue weighted by atomic mass is 16.5. The Morgan fingerprint density at radius 2 is 2.06 bits per heavy atom. The van der Waals surface area contributed by atoms with Gasteiger partial charge in [-0.15, -0.1) is 0 Å². The fraction of sp³-hybridized carbons (Fsp3) is 0.727. The Balaban J connectivity index is 2.67. The summed E-state index contributed by atoms with van der Waals surface area (Å²) in [6, 6.07) is -1.12. The van der Waals surface area contributed by atoms with Crippen LogP contribution >= 0.6 is 0 Å². The molecule has 1 rings (SSSR count). The molecular weight excluding hydrogens is 224 g/mol. The third-order valence-corrected chi connectivity index (χ3v) is 2.80. The summed E-state index contributed by atoms with van der Waals surface area (Å²) in [5.41, 5.74) is 0. The van der Waals surface area contributed by atoms with E-state index in [1.54, 1.807) is 6.92 Å². The van der Waals surface area contributed by atoms with Crippen LogP contribution in [0.1, 0.15) is 26.7 Å². The molecule has 2 atom stereocenters. The van der Waals surface area contributed by atoms with Crippen molar-refractivity contribution in [2.45, 2.75) is 38.8 Å². The van der Waals surface area contributed by atoms with E-state index in [9.17, 15) is 14.4 Å². The third kappa shape index (κ3) is 3.18. The van der Waals surface area contributed by atoms with Crippen LogP contribution in [0.25, 0.3) is 0 Å². The quantitative estimate of drug-likeness (QED) is 0.688. The first-order chi connectivity index (χ1) is 7.97. The van der Waals surface area contributed by atoms with E-state index < -0.39 is 18.1 Å². The molecule has 2 amide bonds. The lowest BCUT2D eigenvalue weighted by molar-refractivity contribution is -0.151. The van der Waals surface area contributed by atoms with Crippen LogP contribution in [0.3, 0.4) is 0 Å². The number of nitrogens with zero attached hydrogens (tertiary/aromatic N) is 1. The molecule has 1 aliphatic rings. The van der Waals surface area contributed by atoms with E-state index in [0.29, 0.717) is 13.0 Å². The Morgan fingerprint density at radius 3 is 2.59 bits per heavy atom. The Bertz CT molecular complexity index is 329. The van der Waals surface area contributed by atoms with Gasteiger partial charge in [-0.2, -0.15) is 0 Å². The molecule has 1 fully saturated rings. The summed E-state index contributed by atoms with van der Waals surface area (Å²) in [4.78, 5) is 35.8. The van der Waals surface area contributed by atoms with E-state index >= 15 is 0 Å². The zero-order valence-electron chi connectivity index (χ0n) is 10.4. The Morgan fingerprint density at radius 1 is 1.41 bits per heavy atom. The first-order valence-electron chi connectivity index (χ1n) is 5.62. The average molecular weight is 242 g/mol. The highest BCUT2D eigenvalue weighted by molar-refractivity contribution is 5.90. The van der Waals surface area contributed by atoms with Gasteiger partial charge >= 0.3 is 5.97 Å². The minimum atomic E-state index is -0.613. The maximum atomic E-state index is 12.0. The normalized spacial score (nSPS) is 20.9. The lowest BCUT2D eigenvalue weighted by Crippen LogP contribution is -2.50. The van der Waals surface area contributed by atoms with E-state index in [1.807, 2.05) is 0 Å². The lowest BCUT2D eigenvalue weighted by atomic mass is 10.2. The second kappa shape index (κ2) is 5.65. The summed E-state index contributed by atoms with van der Waals surface area (Å²) in [6.45, 7) is 3.49. The standard InChI is InChI=1S/C11H18N2O4/c1-7(12-8(2)14)10(15)13-6-4-5-9(13)11(16)17-3/h7,9H,4-6H2,1-3H3,(H,12,14). The number of carbonyl (C=O) groups is 3. The smallest absolute Gasteiger partial charge is 0.328 e. The molecule has 17 heavy (non-hydrogen) atoms. The van der Waals surface area contributed by atoms with Crippen molar-refractivity contribution in [2.24, 2.45) is 0 Å². The zero-order valence-corrected chi connectivity index (χ0v) is 10.4. The van der Waals surface area contributed by atoms with Gasteiger partial charge in [-0.05, 0) is 19.8 Å². The van der Waals surface area contributed by atoms with Gasteiger partial charge in [-0.25, -0.2) is 4.79 Å². The second-order valence-corrected chi connectivity index (χ2v) is 4.14. The molecule has 0 aromatic carbocycles. The van der Waals surface area contributed by atoms with Gasteiger partial charge in [0.15, 0.2) is 0 Å². The molecule has 1 heterocycles. The van der Waals surface area contributed by atoms with Gasteiger partial charge < -0.3 is 15.0 Å². The molecular formula is C11H18N2O4. The van der Waals surface area contributed by atoms with Gasteiger partial charge in [-0.1, -0.05) is 0 Å². The van der Waals surface area contributed by atoms with E-state index in [2.05, 4.69) is 10.1 Å². The van der Waals surface area contributed by atoms with Gasteiger partial charge in [0, 0.05) is 13.5 Å². The first-order valence-corrected chi connectivity index (χ1v) is 5.62. The van der Waals surface area contributed by atoms with Crippen LogP contribution < -0.4 is 5.32 Å². The van der Waals surface area contributed by atoms with E-state index in [0.717, 1.165) is 6.42 Å². The number of rotatable bonds is 3. The average Bonchev–Trinajstić information content (AvgIpc) is 2.74. The van der Waals surface area contributed by atoms with Crippen LogP contribution in [0.2, 0.25) is 0 Å². The Labute approximate surface area is 100 Å². The molecule has 96 valence electrons. The van der Waals surface area contributed by atoms with Crippen molar-refractivity contribution >= 4 is 17.8 Å². The molecule has 0 saturated carbocycles. The fourth-order valence-electron chi connectivity index (χ4n) is 2.03. The zero-order chi connectivity index (χ0) is 13.0. The van der Waals surface area contributed by atoms with Crippen molar-refractivity contribution < 1.29 is 19.1 Å². The maximum absolute atomic E-state index is 12.0. The predicted molar refractivity (Wildman–Crippen MR) is 60.0 cm³/mol. The van der Waals surface area contributed by atoms with Gasteiger partial charge in [0.1, 0.15) is 12.1 Å². The SMILES string of the molecule is COC(=O)C1CCCN1C(=O)C(C)NC(C)=O. The fourth-order valence-corrected chi connectivity index (χ4v) is 2.03. The summed E-state index contributed by atoms with van der Waals surface area (Å²) in [6.07, 6.45) is 1.39. The van der Waals surface area contributed by atoms with Crippen LogP contribution in [0.5, 0.6) is 0 Å². The molecule has 1 saturated heterocycles. The van der Waals surface area contributed by atoms with Crippen molar-refractivity contribution in [1.29, 1.82) is 0 Å². The molecule has 1 N–H and O–H groups in total. The van der Waals surface area contributed by atoms with Crippen LogP contribution in [0, 0.1) is 0 Å². The topological polar surface area (TPSA) is 75.7 Å². The molecule has 6 nitrogen and oxygen atoms in total. The van der Waals surface area contributed by atoms with Crippen LogP contribution in [-0.4, -0.2) is 48.4 Å². The van der Waals surface area contributed by atoms with E-state index in [4.69, 9.17) is 0 Å². The number of carbonyl (C=O) groups excluding carboxylic acids is 3. The minimum absolute atomic E-state index is 0.242. The van der Waals surface area contributed by atoms with Crippen molar-refractivity contribution in [3.63, 3.8) is 0 Å². The number of likely N-dealkylation sites (tertiary alicyclic amines) is 1. The Hall–Kier alpha value is -1.59. The summed E-state index contributed by atoms with van der Waals surface area (Å²) in [5, 5.41) is 2.51. The highest BCUT2D eigenvalue weighted by Gasteiger charge is 2.36. The molecule has 0 spiro atoms. The lowest BCUT2D eigenvalue weighted by Gasteiger charge is -2.25. The highest BCUT2D eigenvalue weighted by Crippen LogP contribution is 2.19. The number of hydrogen-bond donors (Lipinski definition) is 1. The van der Waals surface area contributed by atoms with Crippen LogP contribution in [0.4, 0.5) is 0 Å². The van der Waals surface area contributed by atoms with Crippen molar-refractivity contribution in [1.82, 2.24) is 10.2 Å². The monoisotopic (exact) mass is 242 g/mol. The summed E-state index contributed by atoms with van der Waals surface area (Å²) >= 11 is 0. The predicted octanol–water partition coefficient (Wildman–Crippen LogP) is -0.325. The molecule has 0 aromatic rings. The van der Waals surface area contributed by atoms with Gasteiger partial charge in [0.25, 0.3) is 0 Å². The Kier molecular flexibility index (Phi) is 4.48. The molecule has 6 heteroatoms. The molecule has 1 aliphatic heterocycles. The van der Waals surface area contributed by atoms with Crippen molar-refractivity contribution in [3.05, 3.63) is 0 Å². The van der Waals surface area contributed by atoms with Gasteiger partial charge in [0.2, 0.25) is 11.8 Å². The molecule has 0 bridgehead atoms. The maximum Gasteiger partial charge on any atom is 0.328 e. The van der Waals surface area contributed by atoms with Crippen LogP contribution in [-0.2, 0) is 19.1 Å². The number of esters is 1. The number of amides is 2. The largest absolute Gasteiger partial charge is 0.467 e. The number of hydrogen-bond acceptors (Lipinski definition) is 4. The summed E-state index contributed by atoms with van der Waals surface area (Å²) in [5.74, 6) is -0.904.